The maximum absolute atomic E-state index is 5.31. The van der Waals surface area contributed by atoms with E-state index < -0.39 is 0 Å². The summed E-state index contributed by atoms with van der Waals surface area (Å²) in [5.41, 5.74) is 2.35. The average Bonchev–Trinajstić information content (AvgIpc) is 3.04. The Morgan fingerprint density at radius 2 is 2.05 bits per heavy atom. The summed E-state index contributed by atoms with van der Waals surface area (Å²) in [6.45, 7) is 4.42. The summed E-state index contributed by atoms with van der Waals surface area (Å²) in [5, 5.41) is 3.57. The molecule has 1 aliphatic heterocycles. The number of methoxy groups -OCH3 is 1. The number of hydrogen-bond acceptors (Lipinski definition) is 4. The third-order valence-corrected chi connectivity index (χ3v) is 4.37. The first kappa shape index (κ1) is 14.9. The highest BCUT2D eigenvalue weighted by Crippen LogP contribution is 2.28. The minimum atomic E-state index is 0.435. The van der Waals surface area contributed by atoms with Crippen LogP contribution in [0.3, 0.4) is 0 Å². The van der Waals surface area contributed by atoms with Crippen LogP contribution in [-0.2, 0) is 0 Å². The minimum Gasteiger partial charge on any atom is -0.480 e. The number of hydrogen-bond donors (Lipinski definition) is 1. The molecule has 4 nitrogen and oxygen atoms in total. The molecule has 22 heavy (non-hydrogen) atoms. The third-order valence-electron chi connectivity index (χ3n) is 4.37. The van der Waals surface area contributed by atoms with Crippen molar-refractivity contribution in [3.05, 3.63) is 54.2 Å². The lowest BCUT2D eigenvalue weighted by molar-refractivity contribution is 0.261. The maximum Gasteiger partial charge on any atom is 0.237 e. The van der Waals surface area contributed by atoms with Gasteiger partial charge in [-0.15, -0.1) is 0 Å². The van der Waals surface area contributed by atoms with Gasteiger partial charge in [0.05, 0.1) is 12.8 Å². The number of rotatable bonds is 5. The van der Waals surface area contributed by atoms with Crippen LogP contribution in [0.5, 0.6) is 5.88 Å². The monoisotopic (exact) mass is 297 g/mol. The molecule has 1 saturated heterocycles. The van der Waals surface area contributed by atoms with E-state index in [4.69, 9.17) is 4.74 Å². The molecule has 0 unspecified atom stereocenters. The standard InChI is InChI=1S/C18H23N3O/c1-14(15-7-4-3-5-8-15)21-12-10-16(13-21)20-17-9-6-11-19-18(17)22-2/h3-9,11,14,16,20H,10,12-13H2,1-2H3/t14-,16+/m0/s1. The molecule has 1 aromatic carbocycles. The van der Waals surface area contributed by atoms with Gasteiger partial charge in [-0.05, 0) is 31.0 Å². The van der Waals surface area contributed by atoms with E-state index in [1.54, 1.807) is 13.3 Å². The molecule has 1 aromatic heterocycles. The van der Waals surface area contributed by atoms with Crippen LogP contribution >= 0.6 is 0 Å². The van der Waals surface area contributed by atoms with Crippen LogP contribution < -0.4 is 10.1 Å². The number of anilines is 1. The molecular formula is C18H23N3O. The van der Waals surface area contributed by atoms with Gasteiger partial charge in [-0.1, -0.05) is 30.3 Å². The smallest absolute Gasteiger partial charge is 0.237 e. The zero-order chi connectivity index (χ0) is 15.4. The first-order valence-corrected chi connectivity index (χ1v) is 7.82. The zero-order valence-corrected chi connectivity index (χ0v) is 13.2. The predicted molar refractivity (Wildman–Crippen MR) is 89.2 cm³/mol. The second kappa shape index (κ2) is 6.79. The molecule has 1 fully saturated rings. The van der Waals surface area contributed by atoms with Gasteiger partial charge in [-0.2, -0.15) is 0 Å². The lowest BCUT2D eigenvalue weighted by atomic mass is 10.1. The van der Waals surface area contributed by atoms with Crippen LogP contribution in [0.1, 0.15) is 24.9 Å². The van der Waals surface area contributed by atoms with Crippen LogP contribution in [0.15, 0.2) is 48.7 Å². The van der Waals surface area contributed by atoms with Gasteiger partial charge in [0, 0.05) is 31.4 Å². The van der Waals surface area contributed by atoms with E-state index in [1.807, 2.05) is 12.1 Å². The Hall–Kier alpha value is -2.07. The summed E-state index contributed by atoms with van der Waals surface area (Å²) in [7, 11) is 1.66. The molecule has 2 heterocycles. The molecule has 1 aliphatic rings. The van der Waals surface area contributed by atoms with Gasteiger partial charge in [0.1, 0.15) is 0 Å². The topological polar surface area (TPSA) is 37.4 Å². The SMILES string of the molecule is COc1ncccc1N[C@@H]1CCN([C@@H](C)c2ccccc2)C1. The Morgan fingerprint density at radius 3 is 2.82 bits per heavy atom. The molecule has 2 atom stereocenters. The summed E-state index contributed by atoms with van der Waals surface area (Å²) >= 11 is 0. The van der Waals surface area contributed by atoms with Gasteiger partial charge in [0.2, 0.25) is 5.88 Å². The fourth-order valence-corrected chi connectivity index (χ4v) is 3.08. The molecule has 116 valence electrons. The molecule has 0 amide bonds. The summed E-state index contributed by atoms with van der Waals surface area (Å²) in [4.78, 5) is 6.77. The molecule has 4 heteroatoms. The Labute approximate surface area is 132 Å². The number of likely N-dealkylation sites (tertiary alicyclic amines) is 1. The minimum absolute atomic E-state index is 0.435. The van der Waals surface area contributed by atoms with Gasteiger partial charge >= 0.3 is 0 Å². The quantitative estimate of drug-likeness (QED) is 0.918. The summed E-state index contributed by atoms with van der Waals surface area (Å²) in [6.07, 6.45) is 2.89. The van der Waals surface area contributed by atoms with Crippen molar-refractivity contribution in [1.82, 2.24) is 9.88 Å². The van der Waals surface area contributed by atoms with Crippen molar-refractivity contribution in [2.24, 2.45) is 0 Å². The normalized spacial score (nSPS) is 19.8. The summed E-state index contributed by atoms with van der Waals surface area (Å²) in [6, 6.07) is 15.5. The van der Waals surface area contributed by atoms with Gasteiger partial charge in [0.25, 0.3) is 0 Å². The van der Waals surface area contributed by atoms with Crippen LogP contribution in [-0.4, -0.2) is 36.1 Å². The van der Waals surface area contributed by atoms with E-state index in [9.17, 15) is 0 Å². The fourth-order valence-electron chi connectivity index (χ4n) is 3.08. The van der Waals surface area contributed by atoms with Crippen molar-refractivity contribution in [2.45, 2.75) is 25.4 Å². The Kier molecular flexibility index (Phi) is 4.59. The molecule has 0 saturated carbocycles. The Balaban J connectivity index is 1.63. The Morgan fingerprint density at radius 1 is 1.23 bits per heavy atom. The number of pyridine rings is 1. The number of nitrogens with zero attached hydrogens (tertiary/aromatic N) is 2. The first-order valence-electron chi connectivity index (χ1n) is 7.82. The third kappa shape index (κ3) is 3.22. The van der Waals surface area contributed by atoms with Crippen molar-refractivity contribution in [1.29, 1.82) is 0 Å². The van der Waals surface area contributed by atoms with Crippen LogP contribution in [0.4, 0.5) is 5.69 Å². The van der Waals surface area contributed by atoms with E-state index >= 15 is 0 Å². The van der Waals surface area contributed by atoms with Crippen LogP contribution in [0.2, 0.25) is 0 Å². The summed E-state index contributed by atoms with van der Waals surface area (Å²) < 4.78 is 5.31. The van der Waals surface area contributed by atoms with E-state index in [2.05, 4.69) is 52.5 Å². The number of aromatic nitrogens is 1. The van der Waals surface area contributed by atoms with Crippen LogP contribution in [0, 0.1) is 0 Å². The highest BCUT2D eigenvalue weighted by Gasteiger charge is 2.27. The van der Waals surface area contributed by atoms with Crippen molar-refractivity contribution in [3.8, 4) is 5.88 Å². The molecule has 0 aliphatic carbocycles. The summed E-state index contributed by atoms with van der Waals surface area (Å²) in [5.74, 6) is 0.664. The fraction of sp³-hybridized carbons (Fsp3) is 0.389. The van der Waals surface area contributed by atoms with Gasteiger partial charge < -0.3 is 10.1 Å². The van der Waals surface area contributed by atoms with Crippen molar-refractivity contribution in [3.63, 3.8) is 0 Å². The average molecular weight is 297 g/mol. The van der Waals surface area contributed by atoms with Gasteiger partial charge in [-0.3, -0.25) is 4.90 Å². The van der Waals surface area contributed by atoms with Crippen molar-refractivity contribution in [2.75, 3.05) is 25.5 Å². The highest BCUT2D eigenvalue weighted by molar-refractivity contribution is 5.52. The number of benzene rings is 1. The van der Waals surface area contributed by atoms with Crippen molar-refractivity contribution < 1.29 is 4.74 Å². The lowest BCUT2D eigenvalue weighted by Crippen LogP contribution is -2.28. The largest absolute Gasteiger partial charge is 0.480 e. The zero-order valence-electron chi connectivity index (χ0n) is 13.2. The Bertz CT molecular complexity index is 602. The van der Waals surface area contributed by atoms with E-state index in [1.165, 1.54) is 5.56 Å². The molecule has 2 aromatic rings. The lowest BCUT2D eigenvalue weighted by Gasteiger charge is -2.25. The van der Waals surface area contributed by atoms with E-state index in [0.717, 1.165) is 25.2 Å². The van der Waals surface area contributed by atoms with E-state index in [0.29, 0.717) is 18.0 Å². The second-order valence-corrected chi connectivity index (χ2v) is 5.77. The molecule has 0 radical (unpaired) electrons. The second-order valence-electron chi connectivity index (χ2n) is 5.77. The van der Waals surface area contributed by atoms with Gasteiger partial charge in [-0.25, -0.2) is 4.98 Å². The number of nitrogens with one attached hydrogen (secondary N) is 1. The maximum atomic E-state index is 5.31. The highest BCUT2D eigenvalue weighted by atomic mass is 16.5. The van der Waals surface area contributed by atoms with Crippen molar-refractivity contribution >= 4 is 5.69 Å². The first-order chi connectivity index (χ1) is 10.8. The molecule has 3 rings (SSSR count). The molecule has 0 spiro atoms. The molecular weight excluding hydrogens is 274 g/mol. The molecule has 0 bridgehead atoms. The molecule has 1 N–H and O–H groups in total. The number of ether oxygens (including phenoxy) is 1. The van der Waals surface area contributed by atoms with Gasteiger partial charge in [0.15, 0.2) is 0 Å². The predicted octanol–water partition coefficient (Wildman–Crippen LogP) is 3.34. The van der Waals surface area contributed by atoms with Crippen LogP contribution in [0.25, 0.3) is 0 Å². The van der Waals surface area contributed by atoms with E-state index in [-0.39, 0.29) is 0 Å².